The monoisotopic (exact) mass is 385 g/mol. The number of methoxy groups -OCH3 is 4. The van der Waals surface area contributed by atoms with Crippen LogP contribution in [0.4, 0.5) is 0 Å². The van der Waals surface area contributed by atoms with E-state index in [0.717, 1.165) is 16.9 Å². The second kappa shape index (κ2) is 9.69. The van der Waals surface area contributed by atoms with Gasteiger partial charge in [0.05, 0.1) is 34.5 Å². The molecule has 150 valence electrons. The van der Waals surface area contributed by atoms with Gasteiger partial charge in [0.15, 0.2) is 11.5 Å². The summed E-state index contributed by atoms with van der Waals surface area (Å²) in [5, 5.41) is 0. The second-order valence-corrected chi connectivity index (χ2v) is 6.16. The van der Waals surface area contributed by atoms with Crippen molar-refractivity contribution in [3.63, 3.8) is 0 Å². The highest BCUT2D eigenvalue weighted by molar-refractivity contribution is 5.92. The summed E-state index contributed by atoms with van der Waals surface area (Å²) < 4.78 is 21.4. The van der Waals surface area contributed by atoms with Gasteiger partial charge in [-0.3, -0.25) is 4.79 Å². The summed E-state index contributed by atoms with van der Waals surface area (Å²) in [7, 11) is 8.04. The first-order valence-electron chi connectivity index (χ1n) is 8.84. The minimum absolute atomic E-state index is 0.132. The number of likely N-dealkylation sites (N-methyl/N-ethyl adjacent to an activating group) is 1. The number of rotatable bonds is 8. The summed E-state index contributed by atoms with van der Waals surface area (Å²) in [5.74, 6) is 2.19. The van der Waals surface area contributed by atoms with Crippen LogP contribution in [0.25, 0.3) is 6.08 Å². The molecule has 0 aliphatic rings. The molecule has 2 rings (SSSR count). The predicted octanol–water partition coefficient (Wildman–Crippen LogP) is 3.95. The molecule has 0 saturated heterocycles. The molecular formula is C22H27NO5. The summed E-state index contributed by atoms with van der Waals surface area (Å²) in [4.78, 5) is 14.3. The van der Waals surface area contributed by atoms with Gasteiger partial charge in [0.2, 0.25) is 11.7 Å². The Kier molecular flexibility index (Phi) is 7.32. The van der Waals surface area contributed by atoms with E-state index in [4.69, 9.17) is 18.9 Å². The van der Waals surface area contributed by atoms with E-state index in [9.17, 15) is 4.79 Å². The van der Waals surface area contributed by atoms with Crippen molar-refractivity contribution in [1.29, 1.82) is 0 Å². The first kappa shape index (κ1) is 21.2. The normalized spacial score (nSPS) is 11.8. The molecule has 0 N–H and O–H groups in total. The third-order valence-corrected chi connectivity index (χ3v) is 4.62. The summed E-state index contributed by atoms with van der Waals surface area (Å²) in [5.41, 5.74) is 1.71. The van der Waals surface area contributed by atoms with Crippen LogP contribution < -0.4 is 18.9 Å². The van der Waals surface area contributed by atoms with E-state index in [1.54, 1.807) is 58.6 Å². The van der Waals surface area contributed by atoms with E-state index in [0.29, 0.717) is 17.2 Å². The summed E-state index contributed by atoms with van der Waals surface area (Å²) in [6, 6.07) is 11.1. The zero-order valence-electron chi connectivity index (χ0n) is 17.2. The van der Waals surface area contributed by atoms with Crippen molar-refractivity contribution in [2.24, 2.45) is 0 Å². The smallest absolute Gasteiger partial charge is 0.246 e. The molecule has 2 aromatic carbocycles. The quantitative estimate of drug-likeness (QED) is 0.644. The maximum atomic E-state index is 12.7. The molecule has 0 aliphatic heterocycles. The Labute approximate surface area is 166 Å². The standard InChI is InChI=1S/C22H27NO5/c1-15(17-9-7-8-10-18(17)25-3)23(2)21(24)12-11-16-13-19(26-4)22(28-6)20(14-16)27-5/h7-15H,1-6H3/b12-11+. The van der Waals surface area contributed by atoms with Gasteiger partial charge in [-0.15, -0.1) is 0 Å². The van der Waals surface area contributed by atoms with Crippen molar-refractivity contribution in [3.05, 3.63) is 53.6 Å². The number of nitrogens with zero attached hydrogens (tertiary/aromatic N) is 1. The molecule has 0 saturated carbocycles. The van der Waals surface area contributed by atoms with Crippen molar-refractivity contribution in [2.75, 3.05) is 35.5 Å². The lowest BCUT2D eigenvalue weighted by Gasteiger charge is -2.25. The number of amides is 1. The molecule has 1 amide bonds. The van der Waals surface area contributed by atoms with Crippen LogP contribution in [0.15, 0.2) is 42.5 Å². The highest BCUT2D eigenvalue weighted by Crippen LogP contribution is 2.38. The molecule has 0 radical (unpaired) electrons. The number of hydrogen-bond donors (Lipinski definition) is 0. The number of para-hydroxylation sites is 1. The van der Waals surface area contributed by atoms with Crippen molar-refractivity contribution < 1.29 is 23.7 Å². The molecule has 1 unspecified atom stereocenters. The van der Waals surface area contributed by atoms with Gasteiger partial charge in [-0.25, -0.2) is 0 Å². The highest BCUT2D eigenvalue weighted by atomic mass is 16.5. The molecule has 6 heteroatoms. The first-order chi connectivity index (χ1) is 13.5. The molecule has 28 heavy (non-hydrogen) atoms. The van der Waals surface area contributed by atoms with E-state index in [2.05, 4.69) is 0 Å². The molecule has 0 spiro atoms. The van der Waals surface area contributed by atoms with E-state index in [1.807, 2.05) is 31.2 Å². The Morgan fingerprint density at radius 2 is 1.50 bits per heavy atom. The zero-order chi connectivity index (χ0) is 20.7. The van der Waals surface area contributed by atoms with Crippen LogP contribution in [0, 0.1) is 0 Å². The van der Waals surface area contributed by atoms with Crippen LogP contribution in [-0.2, 0) is 4.79 Å². The van der Waals surface area contributed by atoms with Crippen molar-refractivity contribution in [3.8, 4) is 23.0 Å². The average Bonchev–Trinajstić information content (AvgIpc) is 2.75. The Balaban J connectivity index is 2.23. The summed E-state index contributed by atoms with van der Waals surface area (Å²) in [6.07, 6.45) is 3.24. The van der Waals surface area contributed by atoms with Crippen LogP contribution >= 0.6 is 0 Å². The number of carbonyl (C=O) groups excluding carboxylic acids is 1. The number of ether oxygens (including phenoxy) is 4. The van der Waals surface area contributed by atoms with Gasteiger partial charge in [-0.1, -0.05) is 18.2 Å². The van der Waals surface area contributed by atoms with E-state index in [-0.39, 0.29) is 11.9 Å². The molecular weight excluding hydrogens is 358 g/mol. The fourth-order valence-corrected chi connectivity index (χ4v) is 2.89. The Hall–Kier alpha value is -3.15. The van der Waals surface area contributed by atoms with Gasteiger partial charge in [0.25, 0.3) is 0 Å². The Morgan fingerprint density at radius 1 is 0.929 bits per heavy atom. The molecule has 0 fully saturated rings. The zero-order valence-corrected chi connectivity index (χ0v) is 17.2. The van der Waals surface area contributed by atoms with Gasteiger partial charge < -0.3 is 23.8 Å². The largest absolute Gasteiger partial charge is 0.496 e. The van der Waals surface area contributed by atoms with Crippen LogP contribution in [0.5, 0.6) is 23.0 Å². The fourth-order valence-electron chi connectivity index (χ4n) is 2.89. The van der Waals surface area contributed by atoms with Gasteiger partial charge in [0.1, 0.15) is 5.75 Å². The highest BCUT2D eigenvalue weighted by Gasteiger charge is 2.19. The number of hydrogen-bond acceptors (Lipinski definition) is 5. The van der Waals surface area contributed by atoms with Crippen LogP contribution in [0.2, 0.25) is 0 Å². The molecule has 0 bridgehead atoms. The minimum Gasteiger partial charge on any atom is -0.496 e. The van der Waals surface area contributed by atoms with Crippen LogP contribution in [-0.4, -0.2) is 46.3 Å². The number of carbonyl (C=O) groups is 1. The first-order valence-corrected chi connectivity index (χ1v) is 8.84. The van der Waals surface area contributed by atoms with Gasteiger partial charge in [-0.2, -0.15) is 0 Å². The second-order valence-electron chi connectivity index (χ2n) is 6.16. The van der Waals surface area contributed by atoms with Gasteiger partial charge in [0, 0.05) is 18.7 Å². The lowest BCUT2D eigenvalue weighted by Crippen LogP contribution is -2.28. The third kappa shape index (κ3) is 4.57. The molecule has 0 aliphatic carbocycles. The molecule has 1 atom stereocenters. The van der Waals surface area contributed by atoms with E-state index in [1.165, 1.54) is 6.08 Å². The fraction of sp³-hybridized carbons (Fsp3) is 0.318. The van der Waals surface area contributed by atoms with Crippen molar-refractivity contribution in [2.45, 2.75) is 13.0 Å². The summed E-state index contributed by atoms with van der Waals surface area (Å²) in [6.45, 7) is 1.96. The third-order valence-electron chi connectivity index (χ3n) is 4.62. The van der Waals surface area contributed by atoms with Crippen molar-refractivity contribution in [1.82, 2.24) is 4.90 Å². The lowest BCUT2D eigenvalue weighted by atomic mass is 10.1. The summed E-state index contributed by atoms with van der Waals surface area (Å²) >= 11 is 0. The van der Waals surface area contributed by atoms with Gasteiger partial charge in [-0.05, 0) is 36.8 Å². The molecule has 0 heterocycles. The predicted molar refractivity (Wildman–Crippen MR) is 109 cm³/mol. The topological polar surface area (TPSA) is 57.2 Å². The van der Waals surface area contributed by atoms with E-state index < -0.39 is 0 Å². The van der Waals surface area contributed by atoms with Crippen LogP contribution in [0.3, 0.4) is 0 Å². The molecule has 0 aromatic heterocycles. The van der Waals surface area contributed by atoms with Crippen LogP contribution in [0.1, 0.15) is 24.1 Å². The molecule has 6 nitrogen and oxygen atoms in total. The maximum absolute atomic E-state index is 12.7. The van der Waals surface area contributed by atoms with Crippen molar-refractivity contribution >= 4 is 12.0 Å². The SMILES string of the molecule is COc1ccccc1C(C)N(C)C(=O)/C=C/c1cc(OC)c(OC)c(OC)c1. The Morgan fingerprint density at radius 3 is 2.04 bits per heavy atom. The molecule has 2 aromatic rings. The maximum Gasteiger partial charge on any atom is 0.246 e. The van der Waals surface area contributed by atoms with Gasteiger partial charge >= 0.3 is 0 Å². The van der Waals surface area contributed by atoms with E-state index >= 15 is 0 Å². The number of benzene rings is 2. The lowest BCUT2D eigenvalue weighted by molar-refractivity contribution is -0.126. The average molecular weight is 385 g/mol. The minimum atomic E-state index is -0.145. The Bertz CT molecular complexity index is 822.